The number of rotatable bonds is 8. The van der Waals surface area contributed by atoms with Crippen LogP contribution in [-0.4, -0.2) is 23.4 Å². The van der Waals surface area contributed by atoms with E-state index in [4.69, 9.17) is 4.74 Å². The summed E-state index contributed by atoms with van der Waals surface area (Å²) >= 11 is 0. The molecule has 0 unspecified atom stereocenters. The van der Waals surface area contributed by atoms with Gasteiger partial charge in [-0.3, -0.25) is 9.59 Å². The molecule has 1 amide bonds. The Morgan fingerprint density at radius 3 is 2.22 bits per heavy atom. The first-order valence-electron chi connectivity index (χ1n) is 11.2. The minimum Gasteiger partial charge on any atom is -0.494 e. The number of hydrogen-bond acceptors (Lipinski definition) is 4. The Labute approximate surface area is 204 Å². The van der Waals surface area contributed by atoms with Crippen molar-refractivity contribution < 1.29 is 27.4 Å². The molecule has 1 N–H and O–H groups in total. The maximum Gasteiger partial charge on any atom is 0.573 e. The van der Waals surface area contributed by atoms with Gasteiger partial charge in [-0.2, -0.15) is 0 Å². The van der Waals surface area contributed by atoms with E-state index in [9.17, 15) is 22.8 Å². The molecule has 0 bridgehead atoms. The SMILES string of the molecule is CCOc1ccc(CC(=O)Nc2cccc3c(=O)n(Cc4ccc(OC(F)(F)F)cc4)ccc23)cc1. The minimum absolute atomic E-state index is 0.161. The number of carbonyl (C=O) groups is 1. The third-order valence-corrected chi connectivity index (χ3v) is 5.40. The van der Waals surface area contributed by atoms with Gasteiger partial charge in [0.25, 0.3) is 5.56 Å². The van der Waals surface area contributed by atoms with Crippen LogP contribution in [0.1, 0.15) is 18.1 Å². The quantitative estimate of drug-likeness (QED) is 0.348. The van der Waals surface area contributed by atoms with Gasteiger partial charge in [0.05, 0.1) is 19.6 Å². The van der Waals surface area contributed by atoms with Gasteiger partial charge in [-0.1, -0.05) is 30.3 Å². The number of aromatic nitrogens is 1. The van der Waals surface area contributed by atoms with Crippen LogP contribution < -0.4 is 20.3 Å². The number of benzene rings is 3. The van der Waals surface area contributed by atoms with E-state index < -0.39 is 6.36 Å². The van der Waals surface area contributed by atoms with Gasteiger partial charge in [-0.15, -0.1) is 13.2 Å². The molecular formula is C27H23F3N2O4. The summed E-state index contributed by atoms with van der Waals surface area (Å²) in [5, 5.41) is 3.87. The number of carbonyl (C=O) groups excluding carboxylic acids is 1. The third kappa shape index (κ3) is 6.24. The Kier molecular flexibility index (Phi) is 7.28. The summed E-state index contributed by atoms with van der Waals surface area (Å²) < 4.78 is 47.8. The van der Waals surface area contributed by atoms with E-state index in [2.05, 4.69) is 10.1 Å². The minimum atomic E-state index is -4.77. The molecule has 4 aromatic rings. The molecule has 36 heavy (non-hydrogen) atoms. The average molecular weight is 496 g/mol. The second kappa shape index (κ2) is 10.6. The van der Waals surface area contributed by atoms with Crippen LogP contribution in [0.15, 0.2) is 83.8 Å². The van der Waals surface area contributed by atoms with Crippen molar-refractivity contribution >= 4 is 22.4 Å². The van der Waals surface area contributed by atoms with Crippen LogP contribution in [0.3, 0.4) is 0 Å². The largest absolute Gasteiger partial charge is 0.573 e. The fourth-order valence-electron chi connectivity index (χ4n) is 3.79. The highest BCUT2D eigenvalue weighted by molar-refractivity contribution is 6.02. The second-order valence-corrected chi connectivity index (χ2v) is 8.01. The van der Waals surface area contributed by atoms with Crippen molar-refractivity contribution in [1.29, 1.82) is 0 Å². The lowest BCUT2D eigenvalue weighted by atomic mass is 10.1. The number of alkyl halides is 3. The maximum absolute atomic E-state index is 13.1. The molecule has 186 valence electrons. The molecule has 1 heterocycles. The molecule has 3 aromatic carbocycles. The van der Waals surface area contributed by atoms with E-state index in [0.29, 0.717) is 28.6 Å². The van der Waals surface area contributed by atoms with Crippen molar-refractivity contribution in [1.82, 2.24) is 4.57 Å². The Morgan fingerprint density at radius 2 is 1.56 bits per heavy atom. The summed E-state index contributed by atoms with van der Waals surface area (Å²) in [6, 6.07) is 19.4. The zero-order valence-corrected chi connectivity index (χ0v) is 19.3. The predicted octanol–water partition coefficient (Wildman–Crippen LogP) is 5.53. The molecule has 9 heteroatoms. The van der Waals surface area contributed by atoms with E-state index in [1.54, 1.807) is 30.5 Å². The molecule has 0 spiro atoms. The summed E-state index contributed by atoms with van der Waals surface area (Å²) in [6.45, 7) is 2.62. The Balaban J connectivity index is 1.49. The summed E-state index contributed by atoms with van der Waals surface area (Å²) in [7, 11) is 0. The summed E-state index contributed by atoms with van der Waals surface area (Å²) in [4.78, 5) is 25.7. The molecule has 4 rings (SSSR count). The molecule has 0 atom stereocenters. The topological polar surface area (TPSA) is 69.6 Å². The highest BCUT2D eigenvalue weighted by Crippen LogP contribution is 2.24. The van der Waals surface area contributed by atoms with Crippen LogP contribution in [-0.2, 0) is 17.8 Å². The van der Waals surface area contributed by atoms with Gasteiger partial charge >= 0.3 is 6.36 Å². The molecule has 1 aromatic heterocycles. The summed E-state index contributed by atoms with van der Waals surface area (Å²) in [5.41, 5.74) is 1.68. The lowest BCUT2D eigenvalue weighted by Crippen LogP contribution is -2.21. The molecule has 6 nitrogen and oxygen atoms in total. The fraction of sp³-hybridized carbons (Fsp3) is 0.185. The zero-order chi connectivity index (χ0) is 25.7. The van der Waals surface area contributed by atoms with E-state index in [1.165, 1.54) is 28.8 Å². The Bertz CT molecular complexity index is 1410. The average Bonchev–Trinajstić information content (AvgIpc) is 2.83. The number of halogens is 3. The van der Waals surface area contributed by atoms with Gasteiger partial charge in [-0.25, -0.2) is 0 Å². The van der Waals surface area contributed by atoms with E-state index >= 15 is 0 Å². The van der Waals surface area contributed by atoms with Crippen molar-refractivity contribution in [3.63, 3.8) is 0 Å². The number of fused-ring (bicyclic) bond motifs is 1. The molecule has 0 saturated heterocycles. The normalized spacial score (nSPS) is 11.3. The molecule has 0 aliphatic heterocycles. The van der Waals surface area contributed by atoms with Crippen LogP contribution in [0.25, 0.3) is 10.8 Å². The number of nitrogens with one attached hydrogen (secondary N) is 1. The van der Waals surface area contributed by atoms with Crippen LogP contribution in [0, 0.1) is 0 Å². The highest BCUT2D eigenvalue weighted by Gasteiger charge is 2.30. The fourth-order valence-corrected chi connectivity index (χ4v) is 3.79. The monoisotopic (exact) mass is 496 g/mol. The number of hydrogen-bond donors (Lipinski definition) is 1. The standard InChI is InChI=1S/C27H23F3N2O4/c1-2-35-20-10-6-18(7-11-20)16-25(33)31-24-5-3-4-23-22(24)14-15-32(26(23)34)17-19-8-12-21(13-9-19)36-27(28,29)30/h3-15H,2,16-17H2,1H3,(H,31,33). The number of amides is 1. The molecule has 0 saturated carbocycles. The number of nitrogens with zero attached hydrogens (tertiary/aromatic N) is 1. The van der Waals surface area contributed by atoms with Gasteiger partial charge in [0, 0.05) is 22.7 Å². The van der Waals surface area contributed by atoms with Crippen LogP contribution in [0.2, 0.25) is 0 Å². The number of anilines is 1. The first kappa shape index (κ1) is 24.8. The van der Waals surface area contributed by atoms with E-state index in [0.717, 1.165) is 11.3 Å². The first-order chi connectivity index (χ1) is 17.2. The maximum atomic E-state index is 13.1. The second-order valence-electron chi connectivity index (χ2n) is 8.01. The van der Waals surface area contributed by atoms with Crippen LogP contribution in [0.5, 0.6) is 11.5 Å². The lowest BCUT2D eigenvalue weighted by Gasteiger charge is -2.12. The van der Waals surface area contributed by atoms with E-state index in [-0.39, 0.29) is 30.2 Å². The molecular weight excluding hydrogens is 473 g/mol. The van der Waals surface area contributed by atoms with E-state index in [1.807, 2.05) is 31.2 Å². The number of ether oxygens (including phenoxy) is 2. The third-order valence-electron chi connectivity index (χ3n) is 5.40. The zero-order valence-electron chi connectivity index (χ0n) is 19.3. The Hall–Kier alpha value is -4.27. The van der Waals surface area contributed by atoms with Crippen LogP contribution in [0.4, 0.5) is 18.9 Å². The van der Waals surface area contributed by atoms with Gasteiger partial charge in [0.15, 0.2) is 0 Å². The van der Waals surface area contributed by atoms with Gasteiger partial charge in [0.1, 0.15) is 11.5 Å². The first-order valence-corrected chi connectivity index (χ1v) is 11.2. The summed E-state index contributed by atoms with van der Waals surface area (Å²) in [5.74, 6) is 0.178. The molecule has 0 fully saturated rings. The highest BCUT2D eigenvalue weighted by atomic mass is 19.4. The smallest absolute Gasteiger partial charge is 0.494 e. The molecule has 0 aliphatic rings. The Morgan fingerprint density at radius 1 is 0.889 bits per heavy atom. The van der Waals surface area contributed by atoms with Crippen LogP contribution >= 0.6 is 0 Å². The van der Waals surface area contributed by atoms with Gasteiger partial charge in [-0.05, 0) is 60.5 Å². The van der Waals surface area contributed by atoms with Gasteiger partial charge < -0.3 is 19.4 Å². The molecule has 0 radical (unpaired) electrons. The predicted molar refractivity (Wildman–Crippen MR) is 130 cm³/mol. The molecule has 0 aliphatic carbocycles. The summed E-state index contributed by atoms with van der Waals surface area (Å²) in [6.07, 6.45) is -3.01. The van der Waals surface area contributed by atoms with Crippen molar-refractivity contribution in [3.8, 4) is 11.5 Å². The van der Waals surface area contributed by atoms with Crippen molar-refractivity contribution in [3.05, 3.63) is 100 Å². The van der Waals surface area contributed by atoms with Gasteiger partial charge in [0.2, 0.25) is 5.91 Å². The lowest BCUT2D eigenvalue weighted by molar-refractivity contribution is -0.274. The van der Waals surface area contributed by atoms with Crippen molar-refractivity contribution in [2.75, 3.05) is 11.9 Å². The number of pyridine rings is 1. The van der Waals surface area contributed by atoms with Crippen molar-refractivity contribution in [2.24, 2.45) is 0 Å². The van der Waals surface area contributed by atoms with Crippen molar-refractivity contribution in [2.45, 2.75) is 26.3 Å².